The molecular weight excluding hydrogens is 465 g/mol. The number of nitrogens with one attached hydrogen (secondary N) is 1. The average Bonchev–Trinajstić information content (AvgIpc) is 2.91. The molecule has 0 spiro atoms. The molecule has 37 heavy (non-hydrogen) atoms. The predicted molar refractivity (Wildman–Crippen MR) is 145 cm³/mol. The first kappa shape index (κ1) is 24.8. The van der Waals surface area contributed by atoms with Crippen molar-refractivity contribution < 1.29 is 13.9 Å². The summed E-state index contributed by atoms with van der Waals surface area (Å²) in [7, 11) is 0. The van der Waals surface area contributed by atoms with Gasteiger partial charge in [-0.3, -0.25) is 0 Å². The summed E-state index contributed by atoms with van der Waals surface area (Å²) in [6, 6.07) is 29.5. The van der Waals surface area contributed by atoms with Crippen LogP contribution in [0.15, 0.2) is 91.0 Å². The number of hydrogen-bond acceptors (Lipinski definition) is 5. The fourth-order valence-electron chi connectivity index (χ4n) is 4.75. The quantitative estimate of drug-likeness (QED) is 0.313. The van der Waals surface area contributed by atoms with Crippen molar-refractivity contribution in [1.29, 1.82) is 0 Å². The molecule has 0 amide bonds. The molecule has 6 heteroatoms. The Morgan fingerprint density at radius 1 is 0.811 bits per heavy atom. The Labute approximate surface area is 217 Å². The number of pyridine rings is 1. The van der Waals surface area contributed by atoms with Crippen molar-refractivity contribution in [2.45, 2.75) is 39.1 Å². The number of halogens is 1. The predicted octanol–water partition coefficient (Wildman–Crippen LogP) is 6.23. The lowest BCUT2D eigenvalue weighted by Crippen LogP contribution is -2.54. The number of hydrogen-bond donors (Lipinski definition) is 1. The van der Waals surface area contributed by atoms with Gasteiger partial charge in [0.15, 0.2) is 0 Å². The van der Waals surface area contributed by atoms with E-state index >= 15 is 4.39 Å². The Hall–Kier alpha value is -3.90. The summed E-state index contributed by atoms with van der Waals surface area (Å²) in [5.74, 6) is 0.611. The molecule has 1 fully saturated rings. The molecular formula is C31H32FN3O2. The van der Waals surface area contributed by atoms with Gasteiger partial charge in [0, 0.05) is 36.8 Å². The molecule has 1 N–H and O–H groups in total. The Kier molecular flexibility index (Phi) is 7.66. The summed E-state index contributed by atoms with van der Waals surface area (Å²) in [6.07, 6.45) is 0. The molecule has 0 bridgehead atoms. The van der Waals surface area contributed by atoms with Gasteiger partial charge in [-0.05, 0) is 48.7 Å². The zero-order valence-corrected chi connectivity index (χ0v) is 21.2. The number of anilines is 1. The van der Waals surface area contributed by atoms with Gasteiger partial charge < -0.3 is 19.7 Å². The number of nitrogens with zero attached hydrogens (tertiary/aromatic N) is 2. The second-order valence-corrected chi connectivity index (χ2v) is 9.59. The summed E-state index contributed by atoms with van der Waals surface area (Å²) in [5, 5.41) is 3.50. The largest absolute Gasteiger partial charge is 0.473 e. The van der Waals surface area contributed by atoms with E-state index in [0.29, 0.717) is 48.3 Å². The Morgan fingerprint density at radius 3 is 2.05 bits per heavy atom. The van der Waals surface area contributed by atoms with Crippen molar-refractivity contribution in [2.24, 2.45) is 0 Å². The van der Waals surface area contributed by atoms with Crippen LogP contribution in [0.3, 0.4) is 0 Å². The molecule has 2 atom stereocenters. The van der Waals surface area contributed by atoms with Crippen LogP contribution in [0.4, 0.5) is 10.1 Å². The van der Waals surface area contributed by atoms with Gasteiger partial charge in [0.05, 0.1) is 5.69 Å². The number of ether oxygens (including phenoxy) is 2. The average molecular weight is 498 g/mol. The standard InChI is InChI=1S/C31H32FN3O2/c1-22-18-35(19-23(2)33-22)29-15-13-26(17-28(29)32)27-14-16-30(36-20-24-9-5-3-6-10-24)34-31(27)37-21-25-11-7-4-8-12-25/h3-17,22-23,33H,18-21H2,1-2H3. The molecule has 3 aromatic carbocycles. The van der Waals surface area contributed by atoms with Gasteiger partial charge in [-0.1, -0.05) is 66.7 Å². The van der Waals surface area contributed by atoms with Crippen LogP contribution < -0.4 is 19.7 Å². The first-order chi connectivity index (χ1) is 18.0. The van der Waals surface area contributed by atoms with E-state index in [0.717, 1.165) is 29.8 Å². The van der Waals surface area contributed by atoms with Gasteiger partial charge in [0.1, 0.15) is 19.0 Å². The summed E-state index contributed by atoms with van der Waals surface area (Å²) in [4.78, 5) is 6.76. The van der Waals surface area contributed by atoms with Crippen LogP contribution in [-0.4, -0.2) is 30.2 Å². The molecule has 2 heterocycles. The van der Waals surface area contributed by atoms with Crippen molar-refractivity contribution in [3.05, 3.63) is 108 Å². The van der Waals surface area contributed by atoms with Gasteiger partial charge in [0.25, 0.3) is 0 Å². The summed E-state index contributed by atoms with van der Waals surface area (Å²) >= 11 is 0. The number of piperazine rings is 1. The maximum absolute atomic E-state index is 15.4. The Balaban J connectivity index is 1.41. The zero-order chi connectivity index (χ0) is 25.6. The van der Waals surface area contributed by atoms with Crippen LogP contribution in [0.1, 0.15) is 25.0 Å². The van der Waals surface area contributed by atoms with Crippen molar-refractivity contribution in [1.82, 2.24) is 10.3 Å². The van der Waals surface area contributed by atoms with E-state index in [2.05, 4.69) is 29.0 Å². The van der Waals surface area contributed by atoms with Crippen molar-refractivity contribution in [3.8, 4) is 22.9 Å². The molecule has 0 saturated carbocycles. The van der Waals surface area contributed by atoms with Gasteiger partial charge in [-0.15, -0.1) is 0 Å². The molecule has 0 radical (unpaired) electrons. The molecule has 1 aliphatic heterocycles. The first-order valence-corrected chi connectivity index (χ1v) is 12.7. The molecule has 2 unspecified atom stereocenters. The maximum Gasteiger partial charge on any atom is 0.225 e. The fourth-order valence-corrected chi connectivity index (χ4v) is 4.75. The van der Waals surface area contributed by atoms with Crippen LogP contribution in [0.5, 0.6) is 11.8 Å². The second-order valence-electron chi connectivity index (χ2n) is 9.59. The van der Waals surface area contributed by atoms with E-state index < -0.39 is 0 Å². The van der Waals surface area contributed by atoms with E-state index in [4.69, 9.17) is 9.47 Å². The highest BCUT2D eigenvalue weighted by Crippen LogP contribution is 2.34. The van der Waals surface area contributed by atoms with Gasteiger partial charge in [-0.25, -0.2) is 4.39 Å². The zero-order valence-electron chi connectivity index (χ0n) is 21.2. The lowest BCUT2D eigenvalue weighted by atomic mass is 10.0. The number of benzene rings is 3. The van der Waals surface area contributed by atoms with Crippen molar-refractivity contribution in [3.63, 3.8) is 0 Å². The summed E-state index contributed by atoms with van der Waals surface area (Å²) in [5.41, 5.74) is 4.12. The van der Waals surface area contributed by atoms with Crippen LogP contribution in [0, 0.1) is 5.82 Å². The highest BCUT2D eigenvalue weighted by Gasteiger charge is 2.23. The highest BCUT2D eigenvalue weighted by atomic mass is 19.1. The fraction of sp³-hybridized carbons (Fsp3) is 0.258. The number of aromatic nitrogens is 1. The first-order valence-electron chi connectivity index (χ1n) is 12.7. The van der Waals surface area contributed by atoms with Gasteiger partial charge >= 0.3 is 0 Å². The van der Waals surface area contributed by atoms with E-state index in [9.17, 15) is 0 Å². The minimum atomic E-state index is -0.253. The third kappa shape index (κ3) is 6.27. The van der Waals surface area contributed by atoms with Crippen LogP contribution in [-0.2, 0) is 13.2 Å². The minimum absolute atomic E-state index is 0.253. The number of rotatable bonds is 8. The molecule has 4 aromatic rings. The van der Waals surface area contributed by atoms with Crippen molar-refractivity contribution >= 4 is 5.69 Å². The molecule has 1 aliphatic rings. The second kappa shape index (κ2) is 11.4. The third-order valence-electron chi connectivity index (χ3n) is 6.44. The topological polar surface area (TPSA) is 46.6 Å². The molecule has 5 rings (SSSR count). The highest BCUT2D eigenvalue weighted by molar-refractivity contribution is 5.71. The van der Waals surface area contributed by atoms with E-state index in [-0.39, 0.29) is 5.82 Å². The smallest absolute Gasteiger partial charge is 0.225 e. The van der Waals surface area contributed by atoms with Crippen LogP contribution >= 0.6 is 0 Å². The lowest BCUT2D eigenvalue weighted by Gasteiger charge is -2.37. The SMILES string of the molecule is CC1CN(c2ccc(-c3ccc(OCc4ccccc4)nc3OCc3ccccc3)cc2F)CC(C)N1. The Bertz CT molecular complexity index is 1310. The summed E-state index contributed by atoms with van der Waals surface area (Å²) < 4.78 is 27.5. The molecule has 5 nitrogen and oxygen atoms in total. The van der Waals surface area contributed by atoms with Crippen LogP contribution in [0.2, 0.25) is 0 Å². The van der Waals surface area contributed by atoms with Gasteiger partial charge in [0.2, 0.25) is 11.8 Å². The molecule has 190 valence electrons. The van der Waals surface area contributed by atoms with E-state index in [1.807, 2.05) is 78.9 Å². The molecule has 1 saturated heterocycles. The summed E-state index contributed by atoms with van der Waals surface area (Å²) in [6.45, 7) is 6.52. The van der Waals surface area contributed by atoms with Crippen molar-refractivity contribution in [2.75, 3.05) is 18.0 Å². The monoisotopic (exact) mass is 497 g/mol. The van der Waals surface area contributed by atoms with E-state index in [1.165, 1.54) is 0 Å². The normalized spacial score (nSPS) is 17.4. The van der Waals surface area contributed by atoms with Gasteiger partial charge in [-0.2, -0.15) is 4.98 Å². The molecule has 0 aliphatic carbocycles. The molecule has 1 aromatic heterocycles. The van der Waals surface area contributed by atoms with Crippen LogP contribution in [0.25, 0.3) is 11.1 Å². The van der Waals surface area contributed by atoms with E-state index in [1.54, 1.807) is 12.1 Å². The third-order valence-corrected chi connectivity index (χ3v) is 6.44. The maximum atomic E-state index is 15.4. The Morgan fingerprint density at radius 2 is 1.43 bits per heavy atom. The lowest BCUT2D eigenvalue weighted by molar-refractivity contribution is 0.268. The minimum Gasteiger partial charge on any atom is -0.473 e.